The molecule has 0 bridgehead atoms. The lowest BCUT2D eigenvalue weighted by Crippen LogP contribution is -2.42. The Morgan fingerprint density at radius 2 is 1.70 bits per heavy atom. The Hall–Kier alpha value is -3.42. The minimum atomic E-state index is -0.674. The molecule has 0 saturated carbocycles. The number of hydrogen-bond donors (Lipinski definition) is 1. The minimum absolute atomic E-state index is 0.0356. The second-order valence-corrected chi connectivity index (χ2v) is 10.4. The van der Waals surface area contributed by atoms with Crippen molar-refractivity contribution >= 4 is 17.4 Å². The summed E-state index contributed by atoms with van der Waals surface area (Å²) in [6, 6.07) is 14.1. The fraction of sp³-hybridized carbons (Fsp3) is 0.400. The summed E-state index contributed by atoms with van der Waals surface area (Å²) in [5, 5.41) is 11.3. The number of morpholine rings is 1. The molecule has 2 saturated heterocycles. The van der Waals surface area contributed by atoms with E-state index in [1.54, 1.807) is 35.2 Å². The Morgan fingerprint density at radius 1 is 1.05 bits per heavy atom. The molecule has 2 aliphatic heterocycles. The summed E-state index contributed by atoms with van der Waals surface area (Å²) in [5.74, 6) is -0.828. The first-order chi connectivity index (χ1) is 17.7. The molecular weight excluding hydrogens is 468 g/mol. The van der Waals surface area contributed by atoms with Gasteiger partial charge < -0.3 is 19.5 Å². The maximum absolute atomic E-state index is 13.3. The number of likely N-dealkylation sites (tertiary alicyclic amines) is 1. The minimum Gasteiger partial charge on any atom is -0.507 e. The molecule has 2 aromatic carbocycles. The number of benzene rings is 2. The fourth-order valence-electron chi connectivity index (χ4n) is 4.72. The van der Waals surface area contributed by atoms with E-state index in [4.69, 9.17) is 9.47 Å². The van der Waals surface area contributed by atoms with Gasteiger partial charge in [0, 0.05) is 31.7 Å². The summed E-state index contributed by atoms with van der Waals surface area (Å²) >= 11 is 0. The maximum Gasteiger partial charge on any atom is 0.295 e. The lowest BCUT2D eigenvalue weighted by Gasteiger charge is -2.31. The summed E-state index contributed by atoms with van der Waals surface area (Å²) in [5.41, 5.74) is 2.47. The van der Waals surface area contributed by atoms with Gasteiger partial charge in [-0.1, -0.05) is 57.7 Å². The molecule has 2 fully saturated rings. The predicted molar refractivity (Wildman–Crippen MR) is 144 cm³/mol. The normalized spacial score (nSPS) is 20.3. The number of hydrogen-bond acceptors (Lipinski definition) is 6. The molecule has 2 heterocycles. The van der Waals surface area contributed by atoms with Crippen LogP contribution in [0.1, 0.15) is 43.5 Å². The topological polar surface area (TPSA) is 79.3 Å². The molecule has 0 radical (unpaired) electrons. The summed E-state index contributed by atoms with van der Waals surface area (Å²) in [6.07, 6.45) is 1.65. The number of amides is 1. The zero-order chi connectivity index (χ0) is 26.6. The van der Waals surface area contributed by atoms with Gasteiger partial charge in [0.15, 0.2) is 0 Å². The van der Waals surface area contributed by atoms with E-state index in [1.807, 2.05) is 24.3 Å². The van der Waals surface area contributed by atoms with Crippen molar-refractivity contribution in [3.63, 3.8) is 0 Å². The molecule has 0 spiro atoms. The van der Waals surface area contributed by atoms with Crippen molar-refractivity contribution in [3.8, 4) is 5.75 Å². The standard InChI is InChI=1S/C30H36N2O5/c1-5-18-37-24-12-8-22(9-13-24)27(33)25-26(21-6-10-23(11-7-21)30(2,3)4)32(29(35)28(25)34)15-14-31-16-19-36-20-17-31/h5-13,26,33H,1,14-20H2,2-4H3/b27-25+/t26-/m1/s1. The second-order valence-electron chi connectivity index (χ2n) is 10.4. The third-order valence-electron chi connectivity index (χ3n) is 6.89. The molecule has 1 N–H and O–H groups in total. The molecule has 7 nitrogen and oxygen atoms in total. The monoisotopic (exact) mass is 504 g/mol. The molecule has 0 aromatic heterocycles. The van der Waals surface area contributed by atoms with Crippen LogP contribution in [0, 0.1) is 0 Å². The Labute approximate surface area is 219 Å². The summed E-state index contributed by atoms with van der Waals surface area (Å²) in [6.45, 7) is 14.3. The van der Waals surface area contributed by atoms with Crippen LogP contribution in [0.15, 0.2) is 66.8 Å². The van der Waals surface area contributed by atoms with Crippen LogP contribution in [-0.2, 0) is 19.7 Å². The summed E-state index contributed by atoms with van der Waals surface area (Å²) in [4.78, 5) is 30.4. The SMILES string of the molecule is C=CCOc1ccc(/C(O)=C2\C(=O)C(=O)N(CCN3CCOCC3)[C@@H]2c2ccc(C(C)(C)C)cc2)cc1. The van der Waals surface area contributed by atoms with E-state index in [1.165, 1.54) is 0 Å². The number of ketones is 1. The van der Waals surface area contributed by atoms with Crippen molar-refractivity contribution in [2.45, 2.75) is 32.2 Å². The second kappa shape index (κ2) is 11.3. The molecule has 0 unspecified atom stereocenters. The van der Waals surface area contributed by atoms with Gasteiger partial charge in [-0.15, -0.1) is 0 Å². The van der Waals surface area contributed by atoms with Crippen LogP contribution in [0.25, 0.3) is 5.76 Å². The Bertz CT molecular complexity index is 1160. The molecular formula is C30H36N2O5. The van der Waals surface area contributed by atoms with Gasteiger partial charge in [-0.25, -0.2) is 0 Å². The van der Waals surface area contributed by atoms with Crippen molar-refractivity contribution in [2.24, 2.45) is 0 Å². The lowest BCUT2D eigenvalue weighted by molar-refractivity contribution is -0.140. The first kappa shape index (κ1) is 26.6. The molecule has 37 heavy (non-hydrogen) atoms. The van der Waals surface area contributed by atoms with Gasteiger partial charge in [0.1, 0.15) is 18.1 Å². The van der Waals surface area contributed by atoms with Crippen LogP contribution in [-0.4, -0.2) is 72.6 Å². The molecule has 1 amide bonds. The number of aliphatic hydroxyl groups is 1. The summed E-state index contributed by atoms with van der Waals surface area (Å²) < 4.78 is 11.0. The van der Waals surface area contributed by atoms with Crippen molar-refractivity contribution in [1.29, 1.82) is 0 Å². The zero-order valence-electron chi connectivity index (χ0n) is 21.9. The first-order valence-electron chi connectivity index (χ1n) is 12.7. The number of Topliss-reactive ketones (excluding diaryl/α,β-unsaturated/α-hetero) is 1. The summed E-state index contributed by atoms with van der Waals surface area (Å²) in [7, 11) is 0. The first-order valence-corrected chi connectivity index (χ1v) is 12.7. The van der Waals surface area contributed by atoms with Crippen LogP contribution in [0.2, 0.25) is 0 Å². The fourth-order valence-corrected chi connectivity index (χ4v) is 4.72. The van der Waals surface area contributed by atoms with Gasteiger partial charge in [-0.3, -0.25) is 14.5 Å². The van der Waals surface area contributed by atoms with Gasteiger partial charge in [-0.2, -0.15) is 0 Å². The van der Waals surface area contributed by atoms with E-state index in [0.717, 1.165) is 24.2 Å². The van der Waals surface area contributed by atoms with Gasteiger partial charge >= 0.3 is 0 Å². The van der Waals surface area contributed by atoms with Gasteiger partial charge in [0.25, 0.3) is 11.7 Å². The van der Waals surface area contributed by atoms with E-state index in [0.29, 0.717) is 44.2 Å². The van der Waals surface area contributed by atoms with Crippen LogP contribution >= 0.6 is 0 Å². The third-order valence-corrected chi connectivity index (χ3v) is 6.89. The quantitative estimate of drug-likeness (QED) is 0.250. The van der Waals surface area contributed by atoms with Gasteiger partial charge in [-0.05, 0) is 40.8 Å². The number of nitrogens with zero attached hydrogens (tertiary/aromatic N) is 2. The van der Waals surface area contributed by atoms with Crippen molar-refractivity contribution < 1.29 is 24.2 Å². The Morgan fingerprint density at radius 3 is 2.30 bits per heavy atom. The largest absolute Gasteiger partial charge is 0.507 e. The molecule has 1 atom stereocenters. The van der Waals surface area contributed by atoms with E-state index in [-0.39, 0.29) is 16.7 Å². The van der Waals surface area contributed by atoms with E-state index in [9.17, 15) is 14.7 Å². The zero-order valence-corrected chi connectivity index (χ0v) is 21.9. The van der Waals surface area contributed by atoms with Crippen molar-refractivity contribution in [1.82, 2.24) is 9.80 Å². The number of rotatable bonds is 8. The number of carbonyl (C=O) groups excluding carboxylic acids is 2. The molecule has 2 aromatic rings. The average molecular weight is 505 g/mol. The highest BCUT2D eigenvalue weighted by atomic mass is 16.5. The van der Waals surface area contributed by atoms with Crippen LogP contribution < -0.4 is 4.74 Å². The molecule has 196 valence electrons. The maximum atomic E-state index is 13.3. The van der Waals surface area contributed by atoms with E-state index < -0.39 is 17.7 Å². The van der Waals surface area contributed by atoms with E-state index >= 15 is 0 Å². The number of ether oxygens (including phenoxy) is 2. The van der Waals surface area contributed by atoms with Crippen molar-refractivity contribution in [2.75, 3.05) is 46.0 Å². The molecule has 0 aliphatic carbocycles. The van der Waals surface area contributed by atoms with Gasteiger partial charge in [0.2, 0.25) is 0 Å². The smallest absolute Gasteiger partial charge is 0.295 e. The molecule has 2 aliphatic rings. The number of aliphatic hydroxyl groups excluding tert-OH is 1. The highest BCUT2D eigenvalue weighted by molar-refractivity contribution is 6.46. The van der Waals surface area contributed by atoms with Crippen molar-refractivity contribution in [3.05, 3.63) is 83.4 Å². The Kier molecular flexibility index (Phi) is 8.15. The molecule has 7 heteroatoms. The van der Waals surface area contributed by atoms with Crippen LogP contribution in [0.5, 0.6) is 5.75 Å². The highest BCUT2D eigenvalue weighted by Crippen LogP contribution is 2.40. The van der Waals surface area contributed by atoms with Gasteiger partial charge in [0.05, 0.1) is 24.8 Å². The van der Waals surface area contributed by atoms with Crippen LogP contribution in [0.3, 0.4) is 0 Å². The lowest BCUT2D eigenvalue weighted by atomic mass is 9.85. The third kappa shape index (κ3) is 5.95. The predicted octanol–water partition coefficient (Wildman–Crippen LogP) is 4.30. The highest BCUT2D eigenvalue weighted by Gasteiger charge is 2.46. The average Bonchev–Trinajstić information content (AvgIpc) is 3.15. The molecule has 4 rings (SSSR count). The van der Waals surface area contributed by atoms with Crippen LogP contribution in [0.4, 0.5) is 0 Å². The van der Waals surface area contributed by atoms with E-state index in [2.05, 4.69) is 32.3 Å². The number of carbonyl (C=O) groups is 2. The Balaban J connectivity index is 1.71.